The summed E-state index contributed by atoms with van der Waals surface area (Å²) < 4.78 is 0.852. The van der Waals surface area contributed by atoms with Crippen molar-refractivity contribution in [3.63, 3.8) is 0 Å². The molecule has 0 aliphatic carbocycles. The van der Waals surface area contributed by atoms with Crippen LogP contribution in [0.25, 0.3) is 0 Å². The third-order valence-electron chi connectivity index (χ3n) is 0.924. The highest BCUT2D eigenvalue weighted by molar-refractivity contribution is 9.11. The van der Waals surface area contributed by atoms with Gasteiger partial charge < -0.3 is 0 Å². The lowest BCUT2D eigenvalue weighted by molar-refractivity contribution is 1.44. The highest BCUT2D eigenvalue weighted by Gasteiger charge is 1.92. The normalized spacial score (nSPS) is 13.0. The number of hydrogen-bond acceptors (Lipinski definition) is 0. The number of allylic oxidation sites excluding steroid dienone is 3. The van der Waals surface area contributed by atoms with Gasteiger partial charge in [0.25, 0.3) is 0 Å². The molecule has 0 aliphatic rings. The topological polar surface area (TPSA) is 0 Å². The van der Waals surface area contributed by atoms with E-state index in [1.165, 1.54) is 0 Å². The van der Waals surface area contributed by atoms with Crippen LogP contribution in [-0.4, -0.2) is 0 Å². The Morgan fingerprint density at radius 2 is 1.88 bits per heavy atom. The van der Waals surface area contributed by atoms with Crippen molar-refractivity contribution in [1.29, 1.82) is 0 Å². The second-order valence-electron chi connectivity index (χ2n) is 1.56. The summed E-state index contributed by atoms with van der Waals surface area (Å²) >= 11 is 8.82. The molecular weight excluding hydrogens is 187 g/mol. The SMILES string of the molecule is C=C(Br)/C(C)=C(/C)Cl. The number of rotatable bonds is 1. The summed E-state index contributed by atoms with van der Waals surface area (Å²) in [5.74, 6) is 0. The summed E-state index contributed by atoms with van der Waals surface area (Å²) in [5.41, 5.74) is 1.01. The fourth-order valence-corrected chi connectivity index (χ4v) is 0.712. The number of halogens is 2. The molecule has 0 heterocycles. The van der Waals surface area contributed by atoms with Gasteiger partial charge in [0.15, 0.2) is 0 Å². The summed E-state index contributed by atoms with van der Waals surface area (Å²) in [4.78, 5) is 0. The van der Waals surface area contributed by atoms with E-state index in [1.807, 2.05) is 13.8 Å². The molecular formula is C6H8BrCl. The Labute approximate surface area is 63.4 Å². The zero-order valence-corrected chi connectivity index (χ0v) is 7.30. The molecule has 46 valence electrons. The second kappa shape index (κ2) is 3.31. The van der Waals surface area contributed by atoms with Crippen LogP contribution < -0.4 is 0 Å². The van der Waals surface area contributed by atoms with E-state index in [0.29, 0.717) is 0 Å². The van der Waals surface area contributed by atoms with E-state index in [-0.39, 0.29) is 0 Å². The van der Waals surface area contributed by atoms with Crippen LogP contribution in [0.4, 0.5) is 0 Å². The lowest BCUT2D eigenvalue weighted by Gasteiger charge is -1.95. The molecule has 0 nitrogen and oxygen atoms in total. The predicted molar refractivity (Wildman–Crippen MR) is 42.3 cm³/mol. The molecule has 0 fully saturated rings. The molecule has 0 saturated carbocycles. The second-order valence-corrected chi connectivity index (χ2v) is 3.09. The van der Waals surface area contributed by atoms with Gasteiger partial charge in [0, 0.05) is 9.51 Å². The first-order valence-corrected chi connectivity index (χ1v) is 3.40. The Balaban J connectivity index is 4.23. The quantitative estimate of drug-likeness (QED) is 0.563. The van der Waals surface area contributed by atoms with Crippen LogP contribution in [0.5, 0.6) is 0 Å². The van der Waals surface area contributed by atoms with Crippen molar-refractivity contribution in [2.45, 2.75) is 13.8 Å². The maximum absolute atomic E-state index is 5.61. The van der Waals surface area contributed by atoms with E-state index >= 15 is 0 Å². The zero-order valence-electron chi connectivity index (χ0n) is 4.96. The molecule has 0 saturated heterocycles. The maximum Gasteiger partial charge on any atom is 0.0190 e. The minimum atomic E-state index is 0.784. The fraction of sp³-hybridized carbons (Fsp3) is 0.333. The van der Waals surface area contributed by atoms with Crippen molar-refractivity contribution >= 4 is 27.5 Å². The molecule has 0 atom stereocenters. The summed E-state index contributed by atoms with van der Waals surface area (Å²) in [6.07, 6.45) is 0. The largest absolute Gasteiger partial charge is 0.0891 e. The van der Waals surface area contributed by atoms with E-state index in [4.69, 9.17) is 11.6 Å². The molecule has 0 aromatic rings. The summed E-state index contributed by atoms with van der Waals surface area (Å²) in [6, 6.07) is 0. The van der Waals surface area contributed by atoms with E-state index in [1.54, 1.807) is 0 Å². The Hall–Kier alpha value is 0.250. The van der Waals surface area contributed by atoms with E-state index < -0.39 is 0 Å². The molecule has 0 unspecified atom stereocenters. The smallest absolute Gasteiger partial charge is 0.0190 e. The first kappa shape index (κ1) is 8.25. The van der Waals surface area contributed by atoms with Crippen LogP contribution in [-0.2, 0) is 0 Å². The minimum Gasteiger partial charge on any atom is -0.0891 e. The number of hydrogen-bond donors (Lipinski definition) is 0. The monoisotopic (exact) mass is 194 g/mol. The third kappa shape index (κ3) is 2.53. The predicted octanol–water partition coefficient (Wildman–Crippen LogP) is 3.43. The Morgan fingerprint density at radius 3 is 1.88 bits per heavy atom. The van der Waals surface area contributed by atoms with Crippen molar-refractivity contribution < 1.29 is 0 Å². The van der Waals surface area contributed by atoms with Gasteiger partial charge in [0.1, 0.15) is 0 Å². The molecule has 0 radical (unpaired) electrons. The summed E-state index contributed by atoms with van der Waals surface area (Å²) in [6.45, 7) is 7.40. The molecule has 0 spiro atoms. The van der Waals surface area contributed by atoms with Crippen LogP contribution >= 0.6 is 27.5 Å². The van der Waals surface area contributed by atoms with Gasteiger partial charge in [-0.3, -0.25) is 0 Å². The first-order chi connectivity index (χ1) is 3.55. The Morgan fingerprint density at radius 1 is 1.50 bits per heavy atom. The molecule has 0 amide bonds. The first-order valence-electron chi connectivity index (χ1n) is 2.23. The van der Waals surface area contributed by atoms with Gasteiger partial charge in [-0.2, -0.15) is 0 Å². The van der Waals surface area contributed by atoms with Crippen molar-refractivity contribution in [2.24, 2.45) is 0 Å². The van der Waals surface area contributed by atoms with Crippen molar-refractivity contribution in [1.82, 2.24) is 0 Å². The van der Waals surface area contributed by atoms with Crippen LogP contribution in [0.3, 0.4) is 0 Å². The van der Waals surface area contributed by atoms with Gasteiger partial charge in [-0.1, -0.05) is 34.1 Å². The Bertz CT molecular complexity index is 131. The van der Waals surface area contributed by atoms with Gasteiger partial charge in [0.05, 0.1) is 0 Å². The van der Waals surface area contributed by atoms with Crippen molar-refractivity contribution in [2.75, 3.05) is 0 Å². The lowest BCUT2D eigenvalue weighted by atomic mass is 10.3. The lowest BCUT2D eigenvalue weighted by Crippen LogP contribution is -1.73. The van der Waals surface area contributed by atoms with Gasteiger partial charge in [-0.15, -0.1) is 0 Å². The molecule has 0 aromatic carbocycles. The minimum absolute atomic E-state index is 0.784. The molecule has 0 bridgehead atoms. The molecule has 0 aliphatic heterocycles. The van der Waals surface area contributed by atoms with Crippen LogP contribution in [0.1, 0.15) is 13.8 Å². The van der Waals surface area contributed by atoms with Gasteiger partial charge >= 0.3 is 0 Å². The van der Waals surface area contributed by atoms with E-state index in [2.05, 4.69) is 22.5 Å². The fourth-order valence-electron chi connectivity index (χ4n) is 0.187. The van der Waals surface area contributed by atoms with Gasteiger partial charge in [-0.05, 0) is 19.4 Å². The van der Waals surface area contributed by atoms with E-state index in [9.17, 15) is 0 Å². The Kier molecular flexibility index (Phi) is 3.41. The zero-order chi connectivity index (χ0) is 6.73. The van der Waals surface area contributed by atoms with Crippen molar-refractivity contribution in [3.05, 3.63) is 21.7 Å². The average Bonchev–Trinajstić information content (AvgIpc) is 1.64. The van der Waals surface area contributed by atoms with Crippen molar-refractivity contribution in [3.8, 4) is 0 Å². The maximum atomic E-state index is 5.61. The van der Waals surface area contributed by atoms with Crippen LogP contribution in [0.15, 0.2) is 21.7 Å². The third-order valence-corrected chi connectivity index (χ3v) is 1.80. The highest BCUT2D eigenvalue weighted by atomic mass is 79.9. The average molecular weight is 195 g/mol. The highest BCUT2D eigenvalue weighted by Crippen LogP contribution is 2.19. The molecule has 0 rings (SSSR count). The van der Waals surface area contributed by atoms with Gasteiger partial charge in [0.2, 0.25) is 0 Å². The standard InChI is InChI=1S/C6H8BrCl/c1-4(5(2)7)6(3)8/h2H2,1,3H3/b6-4-. The molecule has 2 heteroatoms. The molecule has 0 N–H and O–H groups in total. The summed E-state index contributed by atoms with van der Waals surface area (Å²) in [5, 5.41) is 0.784. The van der Waals surface area contributed by atoms with Crippen LogP contribution in [0, 0.1) is 0 Å². The molecule has 8 heavy (non-hydrogen) atoms. The van der Waals surface area contributed by atoms with Crippen LogP contribution in [0.2, 0.25) is 0 Å². The molecule has 0 aromatic heterocycles. The summed E-state index contributed by atoms with van der Waals surface area (Å²) in [7, 11) is 0. The van der Waals surface area contributed by atoms with E-state index in [0.717, 1.165) is 15.1 Å². The van der Waals surface area contributed by atoms with Gasteiger partial charge in [-0.25, -0.2) is 0 Å².